The number of benzene rings is 2. The summed E-state index contributed by atoms with van der Waals surface area (Å²) < 4.78 is 23.3. The number of fused-ring (bicyclic) bond motifs is 1. The number of hydrogen-bond donors (Lipinski definition) is 1. The number of carbonyl (C=O) groups excluding carboxylic acids is 1. The lowest BCUT2D eigenvalue weighted by Crippen LogP contribution is -2.34. The molecular formula is C23H21NO5. The lowest BCUT2D eigenvalue weighted by atomic mass is 10.2. The van der Waals surface area contributed by atoms with E-state index in [9.17, 15) is 4.79 Å². The average Bonchev–Trinajstić information content (AvgIpc) is 3.47. The fraction of sp³-hybridized carbons (Fsp3) is 0.261. The van der Waals surface area contributed by atoms with Crippen LogP contribution in [-0.4, -0.2) is 11.7 Å². The van der Waals surface area contributed by atoms with Crippen LogP contribution in [0.5, 0.6) is 17.2 Å². The Hall–Kier alpha value is -3.41. The zero-order chi connectivity index (χ0) is 19.7. The Balaban J connectivity index is 1.22. The zero-order valence-electron chi connectivity index (χ0n) is 15.9. The highest BCUT2D eigenvalue weighted by atomic mass is 16.7. The smallest absolute Gasteiger partial charge is 0.291 e. The molecule has 2 heterocycles. The molecule has 0 saturated heterocycles. The van der Waals surface area contributed by atoms with Crippen molar-refractivity contribution in [2.75, 3.05) is 5.32 Å². The average molecular weight is 391 g/mol. The first-order chi connectivity index (χ1) is 14.2. The van der Waals surface area contributed by atoms with Crippen LogP contribution >= 0.6 is 0 Å². The lowest BCUT2D eigenvalue weighted by molar-refractivity contribution is -0.0716. The molecular weight excluding hydrogens is 370 g/mol. The van der Waals surface area contributed by atoms with E-state index in [0.29, 0.717) is 17.2 Å². The molecule has 1 N–H and O–H groups in total. The monoisotopic (exact) mass is 391 g/mol. The predicted octanol–water partition coefficient (Wildman–Crippen LogP) is 5.15. The molecule has 0 atom stereocenters. The molecule has 6 heteroatoms. The Morgan fingerprint density at radius 3 is 2.59 bits per heavy atom. The summed E-state index contributed by atoms with van der Waals surface area (Å²) >= 11 is 0. The number of nitrogens with one attached hydrogen (secondary N) is 1. The number of para-hydroxylation sites is 1. The van der Waals surface area contributed by atoms with Gasteiger partial charge >= 0.3 is 0 Å². The maximum atomic E-state index is 12.5. The van der Waals surface area contributed by atoms with Gasteiger partial charge in [-0.15, -0.1) is 0 Å². The molecule has 2 aliphatic rings. The van der Waals surface area contributed by atoms with Gasteiger partial charge in [-0.3, -0.25) is 4.79 Å². The summed E-state index contributed by atoms with van der Waals surface area (Å²) in [6.07, 6.45) is 3.99. The van der Waals surface area contributed by atoms with Gasteiger partial charge < -0.3 is 23.9 Å². The van der Waals surface area contributed by atoms with Crippen LogP contribution in [0.1, 0.15) is 42.0 Å². The standard InChI is InChI=1S/C23H21NO5/c25-22(20-11-9-18(27-20)15-26-17-6-2-1-3-7-17)24-16-8-10-19-21(14-16)29-23(28-19)12-4-5-13-23/h1-3,6-11,14H,4-5,12-13,15H2,(H,24,25). The minimum atomic E-state index is -0.514. The summed E-state index contributed by atoms with van der Waals surface area (Å²) in [6, 6.07) is 18.3. The summed E-state index contributed by atoms with van der Waals surface area (Å²) in [5.41, 5.74) is 0.630. The molecule has 1 saturated carbocycles. The van der Waals surface area contributed by atoms with E-state index < -0.39 is 5.79 Å². The Labute approximate surface area is 168 Å². The summed E-state index contributed by atoms with van der Waals surface area (Å²) in [6.45, 7) is 0.253. The summed E-state index contributed by atoms with van der Waals surface area (Å²) in [5, 5.41) is 2.84. The molecule has 3 aromatic rings. The number of hydrogen-bond acceptors (Lipinski definition) is 5. The zero-order valence-corrected chi connectivity index (χ0v) is 15.9. The summed E-state index contributed by atoms with van der Waals surface area (Å²) in [7, 11) is 0. The van der Waals surface area contributed by atoms with Gasteiger partial charge in [-0.2, -0.15) is 0 Å². The number of anilines is 1. The second-order valence-electron chi connectivity index (χ2n) is 7.31. The first-order valence-corrected chi connectivity index (χ1v) is 9.79. The fourth-order valence-corrected chi connectivity index (χ4v) is 3.73. The van der Waals surface area contributed by atoms with Crippen LogP contribution in [0.25, 0.3) is 0 Å². The molecule has 6 nitrogen and oxygen atoms in total. The molecule has 1 spiro atoms. The molecule has 1 fully saturated rings. The number of rotatable bonds is 5. The van der Waals surface area contributed by atoms with E-state index in [1.807, 2.05) is 36.4 Å². The normalized spacial score (nSPS) is 16.1. The third-order valence-electron chi connectivity index (χ3n) is 5.17. The van der Waals surface area contributed by atoms with E-state index in [-0.39, 0.29) is 18.3 Å². The van der Waals surface area contributed by atoms with Crippen molar-refractivity contribution in [3.8, 4) is 17.2 Å². The van der Waals surface area contributed by atoms with E-state index in [1.54, 1.807) is 24.3 Å². The van der Waals surface area contributed by atoms with Gasteiger partial charge in [-0.05, 0) is 49.2 Å². The molecule has 1 aliphatic heterocycles. The number of furan rings is 1. The molecule has 29 heavy (non-hydrogen) atoms. The number of amides is 1. The van der Waals surface area contributed by atoms with Crippen molar-refractivity contribution in [3.63, 3.8) is 0 Å². The molecule has 1 aromatic heterocycles. The van der Waals surface area contributed by atoms with Gasteiger partial charge in [-0.25, -0.2) is 0 Å². The number of carbonyl (C=O) groups is 1. The highest BCUT2D eigenvalue weighted by Gasteiger charge is 2.44. The number of ether oxygens (including phenoxy) is 3. The first kappa shape index (κ1) is 17.7. The van der Waals surface area contributed by atoms with Gasteiger partial charge in [0.2, 0.25) is 0 Å². The second kappa shape index (κ2) is 7.20. The van der Waals surface area contributed by atoms with Crippen LogP contribution in [0.2, 0.25) is 0 Å². The van der Waals surface area contributed by atoms with Gasteiger partial charge in [-0.1, -0.05) is 18.2 Å². The van der Waals surface area contributed by atoms with Crippen molar-refractivity contribution in [3.05, 3.63) is 72.2 Å². The highest BCUT2D eigenvalue weighted by Crippen LogP contribution is 2.47. The van der Waals surface area contributed by atoms with Crippen molar-refractivity contribution in [1.29, 1.82) is 0 Å². The Kier molecular flexibility index (Phi) is 4.39. The van der Waals surface area contributed by atoms with Gasteiger partial charge in [0, 0.05) is 24.6 Å². The summed E-state index contributed by atoms with van der Waals surface area (Å²) in [4.78, 5) is 12.5. The SMILES string of the molecule is O=C(Nc1ccc2c(c1)OC1(CCCC1)O2)c1ccc(COc2ccccc2)o1. The van der Waals surface area contributed by atoms with Gasteiger partial charge in [0.1, 0.15) is 18.1 Å². The lowest BCUT2D eigenvalue weighted by Gasteiger charge is -2.21. The van der Waals surface area contributed by atoms with Crippen LogP contribution < -0.4 is 19.5 Å². The Bertz CT molecular complexity index is 1020. The second-order valence-corrected chi connectivity index (χ2v) is 7.31. The molecule has 0 radical (unpaired) electrons. The maximum absolute atomic E-state index is 12.5. The first-order valence-electron chi connectivity index (χ1n) is 9.79. The van der Waals surface area contributed by atoms with Crippen molar-refractivity contribution in [2.24, 2.45) is 0 Å². The van der Waals surface area contributed by atoms with E-state index in [4.69, 9.17) is 18.6 Å². The van der Waals surface area contributed by atoms with E-state index >= 15 is 0 Å². The topological polar surface area (TPSA) is 69.9 Å². The molecule has 5 rings (SSSR count). The van der Waals surface area contributed by atoms with E-state index in [2.05, 4.69) is 5.32 Å². The van der Waals surface area contributed by atoms with Crippen LogP contribution in [0, 0.1) is 0 Å². The molecule has 2 aromatic carbocycles. The summed E-state index contributed by atoms with van der Waals surface area (Å²) in [5.74, 6) is 2.10. The van der Waals surface area contributed by atoms with Crippen molar-refractivity contribution >= 4 is 11.6 Å². The Morgan fingerprint density at radius 2 is 1.76 bits per heavy atom. The molecule has 1 aliphatic carbocycles. The van der Waals surface area contributed by atoms with Crippen molar-refractivity contribution in [1.82, 2.24) is 0 Å². The molecule has 0 bridgehead atoms. The molecule has 148 valence electrons. The van der Waals surface area contributed by atoms with Crippen molar-refractivity contribution in [2.45, 2.75) is 38.1 Å². The van der Waals surface area contributed by atoms with Crippen LogP contribution in [0.4, 0.5) is 5.69 Å². The van der Waals surface area contributed by atoms with Gasteiger partial charge in [0.05, 0.1) is 0 Å². The van der Waals surface area contributed by atoms with Crippen LogP contribution in [0.15, 0.2) is 65.1 Å². The predicted molar refractivity (Wildman–Crippen MR) is 106 cm³/mol. The quantitative estimate of drug-likeness (QED) is 0.651. The van der Waals surface area contributed by atoms with Gasteiger partial charge in [0.25, 0.3) is 11.7 Å². The van der Waals surface area contributed by atoms with E-state index in [1.165, 1.54) is 0 Å². The molecule has 1 amide bonds. The van der Waals surface area contributed by atoms with Gasteiger partial charge in [0.15, 0.2) is 17.3 Å². The maximum Gasteiger partial charge on any atom is 0.291 e. The van der Waals surface area contributed by atoms with Crippen molar-refractivity contribution < 1.29 is 23.4 Å². The third-order valence-corrected chi connectivity index (χ3v) is 5.17. The third kappa shape index (κ3) is 3.66. The fourth-order valence-electron chi connectivity index (χ4n) is 3.73. The molecule has 0 unspecified atom stereocenters. The van der Waals surface area contributed by atoms with Crippen LogP contribution in [-0.2, 0) is 6.61 Å². The largest absolute Gasteiger partial charge is 0.486 e. The highest BCUT2D eigenvalue weighted by molar-refractivity contribution is 6.02. The Morgan fingerprint density at radius 1 is 0.966 bits per heavy atom. The minimum absolute atomic E-state index is 0.224. The van der Waals surface area contributed by atoms with Crippen LogP contribution in [0.3, 0.4) is 0 Å². The van der Waals surface area contributed by atoms with E-state index in [0.717, 1.165) is 37.2 Å². The minimum Gasteiger partial charge on any atom is -0.486 e.